The van der Waals surface area contributed by atoms with Crippen LogP contribution >= 0.6 is 0 Å². The number of hydrogen-bond donors (Lipinski definition) is 1. The molecule has 4 aliphatic carbocycles. The molecule has 11 unspecified atom stereocenters. The first-order valence-electron chi connectivity index (χ1n) is 15.1. The molecule has 1 N–H and O–H groups in total. The van der Waals surface area contributed by atoms with Gasteiger partial charge in [0.2, 0.25) is 0 Å². The van der Waals surface area contributed by atoms with E-state index in [4.69, 9.17) is 0 Å². The van der Waals surface area contributed by atoms with Crippen LogP contribution in [0.5, 0.6) is 0 Å². The first-order valence-corrected chi connectivity index (χ1v) is 15.1. The van der Waals surface area contributed by atoms with Crippen LogP contribution in [0.15, 0.2) is 87.1 Å². The summed E-state index contributed by atoms with van der Waals surface area (Å²) in [6.07, 6.45) is 32.8. The van der Waals surface area contributed by atoms with E-state index in [2.05, 4.69) is 108 Å². The minimum Gasteiger partial charge on any atom is -0.340 e. The number of hydrogen-bond acceptors (Lipinski definition) is 0. The monoisotopic (exact) mass is 500 g/mol. The molecule has 0 aliphatic heterocycles. The van der Waals surface area contributed by atoms with Crippen molar-refractivity contribution < 1.29 is 4.90 Å². The van der Waals surface area contributed by atoms with Crippen LogP contribution in [0.3, 0.4) is 0 Å². The summed E-state index contributed by atoms with van der Waals surface area (Å²) in [5.41, 5.74) is 0.381. The van der Waals surface area contributed by atoms with Crippen molar-refractivity contribution in [1.29, 1.82) is 0 Å². The van der Waals surface area contributed by atoms with Gasteiger partial charge in [-0.15, -0.1) is 26.3 Å². The molecule has 0 aromatic heterocycles. The van der Waals surface area contributed by atoms with Crippen molar-refractivity contribution in [3.63, 3.8) is 0 Å². The van der Waals surface area contributed by atoms with Gasteiger partial charge in [-0.2, -0.15) is 0 Å². The molecule has 4 rings (SSSR count). The minimum absolute atomic E-state index is 0.381. The Bertz CT molecular complexity index is 904. The number of nitrogens with one attached hydrogen (secondary N) is 1. The standard InChI is InChI=1S/C36H53N/c1-8-13-33-30(18-19-31-22-26(9-2)25-36(31,5)20-21-37(6)7)24-28(32(33)11-4)16-17-29-23-27(10-3)34-14-12-15-35(29)34/h8-12,14,16-19,26-35H,1-4,13,15,20-25H2,5-7H3/p+1/b17-16-,19-18-. The molecule has 0 aromatic carbocycles. The minimum atomic E-state index is 0.381. The van der Waals surface area contributed by atoms with Crippen LogP contribution in [0, 0.1) is 64.6 Å². The zero-order valence-corrected chi connectivity index (χ0v) is 24.0. The second-order valence-corrected chi connectivity index (χ2v) is 13.4. The molecule has 0 saturated heterocycles. The highest BCUT2D eigenvalue weighted by Gasteiger charge is 2.44. The van der Waals surface area contributed by atoms with Gasteiger partial charge in [-0.05, 0) is 103 Å². The van der Waals surface area contributed by atoms with E-state index in [1.165, 1.54) is 45.1 Å². The highest BCUT2D eigenvalue weighted by molar-refractivity contribution is 5.18. The molecule has 0 amide bonds. The van der Waals surface area contributed by atoms with Gasteiger partial charge in [0.1, 0.15) is 0 Å². The maximum absolute atomic E-state index is 4.31. The Morgan fingerprint density at radius 1 is 0.865 bits per heavy atom. The zero-order valence-electron chi connectivity index (χ0n) is 24.0. The lowest BCUT2D eigenvalue weighted by Gasteiger charge is -2.30. The Labute approximate surface area is 228 Å². The number of fused-ring (bicyclic) bond motifs is 1. The van der Waals surface area contributed by atoms with Crippen LogP contribution in [0.1, 0.15) is 51.9 Å². The zero-order chi connectivity index (χ0) is 26.6. The van der Waals surface area contributed by atoms with Gasteiger partial charge < -0.3 is 4.90 Å². The van der Waals surface area contributed by atoms with Gasteiger partial charge in [-0.3, -0.25) is 0 Å². The molecule has 0 aromatic rings. The summed E-state index contributed by atoms with van der Waals surface area (Å²) >= 11 is 0. The Balaban J connectivity index is 1.48. The third-order valence-electron chi connectivity index (χ3n) is 10.9. The third-order valence-corrected chi connectivity index (χ3v) is 10.9. The molecule has 0 radical (unpaired) electrons. The fourth-order valence-electron chi connectivity index (χ4n) is 8.61. The van der Waals surface area contributed by atoms with Gasteiger partial charge in [0.15, 0.2) is 0 Å². The van der Waals surface area contributed by atoms with Crippen molar-refractivity contribution in [2.45, 2.75) is 51.9 Å². The lowest BCUT2D eigenvalue weighted by Crippen LogP contribution is -3.05. The average Bonchev–Trinajstić information content (AvgIpc) is 3.63. The van der Waals surface area contributed by atoms with Crippen molar-refractivity contribution in [3.8, 4) is 0 Å². The maximum Gasteiger partial charge on any atom is 0.0772 e. The number of quaternary nitrogens is 1. The van der Waals surface area contributed by atoms with Crippen LogP contribution in [-0.2, 0) is 0 Å². The number of allylic oxidation sites excluding steroid dienone is 10. The van der Waals surface area contributed by atoms with Gasteiger partial charge in [0.05, 0.1) is 20.6 Å². The van der Waals surface area contributed by atoms with E-state index in [1.807, 2.05) is 0 Å². The summed E-state index contributed by atoms with van der Waals surface area (Å²) in [6, 6.07) is 0. The summed E-state index contributed by atoms with van der Waals surface area (Å²) in [7, 11) is 4.56. The van der Waals surface area contributed by atoms with E-state index < -0.39 is 0 Å². The summed E-state index contributed by atoms with van der Waals surface area (Å²) in [5, 5.41) is 0. The summed E-state index contributed by atoms with van der Waals surface area (Å²) in [6.45, 7) is 20.5. The first-order chi connectivity index (χ1) is 17.8. The molecule has 4 aliphatic rings. The molecular formula is C36H54N+. The van der Waals surface area contributed by atoms with Gasteiger partial charge in [0, 0.05) is 6.42 Å². The fraction of sp³-hybridized carbons (Fsp3) is 0.611. The topological polar surface area (TPSA) is 4.44 Å². The Hall–Kier alpha value is -1.86. The summed E-state index contributed by atoms with van der Waals surface area (Å²) in [4.78, 5) is 1.55. The molecule has 3 saturated carbocycles. The highest BCUT2D eigenvalue weighted by atomic mass is 15.0. The molecule has 3 fully saturated rings. The van der Waals surface area contributed by atoms with E-state index in [0.29, 0.717) is 58.7 Å². The van der Waals surface area contributed by atoms with Crippen LogP contribution < -0.4 is 4.90 Å². The molecule has 1 heteroatoms. The molecule has 1 nitrogen and oxygen atoms in total. The lowest BCUT2D eigenvalue weighted by atomic mass is 9.75. The van der Waals surface area contributed by atoms with Gasteiger partial charge >= 0.3 is 0 Å². The fourth-order valence-corrected chi connectivity index (χ4v) is 8.61. The van der Waals surface area contributed by atoms with Crippen LogP contribution in [0.2, 0.25) is 0 Å². The normalized spacial score (nSPS) is 43.2. The van der Waals surface area contributed by atoms with Crippen LogP contribution in [0.25, 0.3) is 0 Å². The smallest absolute Gasteiger partial charge is 0.0772 e. The van der Waals surface area contributed by atoms with Crippen molar-refractivity contribution in [2.24, 2.45) is 64.6 Å². The molecule has 0 spiro atoms. The largest absolute Gasteiger partial charge is 0.340 e. The first kappa shape index (κ1) is 28.2. The quantitative estimate of drug-likeness (QED) is 0.265. The van der Waals surface area contributed by atoms with E-state index in [1.54, 1.807) is 4.90 Å². The predicted octanol–water partition coefficient (Wildman–Crippen LogP) is 7.50. The van der Waals surface area contributed by atoms with Crippen molar-refractivity contribution >= 4 is 0 Å². The molecule has 37 heavy (non-hydrogen) atoms. The molecular weight excluding hydrogens is 446 g/mol. The second kappa shape index (κ2) is 12.3. The average molecular weight is 501 g/mol. The van der Waals surface area contributed by atoms with Gasteiger partial charge in [-0.1, -0.05) is 67.7 Å². The lowest BCUT2D eigenvalue weighted by molar-refractivity contribution is -0.859. The van der Waals surface area contributed by atoms with Crippen molar-refractivity contribution in [1.82, 2.24) is 0 Å². The van der Waals surface area contributed by atoms with Crippen molar-refractivity contribution in [2.75, 3.05) is 20.6 Å². The Kier molecular flexibility index (Phi) is 9.38. The SMILES string of the molecule is C=CCC1C(/C=C\C2CC(C=C)CC2(C)CC[NH+](C)C)CC(/C=C\C2CC(C=C)C3C=CCC23)C1C=C. The molecule has 11 atom stereocenters. The Morgan fingerprint density at radius 2 is 1.59 bits per heavy atom. The van der Waals surface area contributed by atoms with Gasteiger partial charge in [-0.25, -0.2) is 0 Å². The third kappa shape index (κ3) is 6.08. The molecule has 0 heterocycles. The maximum atomic E-state index is 4.31. The van der Waals surface area contributed by atoms with Crippen molar-refractivity contribution in [3.05, 3.63) is 87.1 Å². The predicted molar refractivity (Wildman–Crippen MR) is 161 cm³/mol. The van der Waals surface area contributed by atoms with E-state index in [9.17, 15) is 0 Å². The number of rotatable bonds is 12. The molecule has 202 valence electrons. The molecule has 0 bridgehead atoms. The Morgan fingerprint density at radius 3 is 2.27 bits per heavy atom. The summed E-state index contributed by atoms with van der Waals surface area (Å²) in [5.74, 6) is 6.47. The van der Waals surface area contributed by atoms with E-state index >= 15 is 0 Å². The van der Waals surface area contributed by atoms with Gasteiger partial charge in [0.25, 0.3) is 0 Å². The van der Waals surface area contributed by atoms with Crippen LogP contribution in [-0.4, -0.2) is 20.6 Å². The van der Waals surface area contributed by atoms with E-state index in [-0.39, 0.29) is 0 Å². The van der Waals surface area contributed by atoms with E-state index in [0.717, 1.165) is 12.3 Å². The second-order valence-electron chi connectivity index (χ2n) is 13.4. The summed E-state index contributed by atoms with van der Waals surface area (Å²) < 4.78 is 0. The van der Waals surface area contributed by atoms with Crippen LogP contribution in [0.4, 0.5) is 0 Å². The highest BCUT2D eigenvalue weighted by Crippen LogP contribution is 2.52.